The summed E-state index contributed by atoms with van der Waals surface area (Å²) < 4.78 is 10.6. The van der Waals surface area contributed by atoms with Crippen molar-refractivity contribution in [3.63, 3.8) is 0 Å². The molecule has 1 aliphatic heterocycles. The van der Waals surface area contributed by atoms with Crippen molar-refractivity contribution < 1.29 is 14.3 Å². The first kappa shape index (κ1) is 16.2. The Labute approximate surface area is 124 Å². The maximum Gasteiger partial charge on any atom is 0.257 e. The van der Waals surface area contributed by atoms with Gasteiger partial charge in [0.05, 0.1) is 18.8 Å². The van der Waals surface area contributed by atoms with Crippen molar-refractivity contribution in [3.8, 4) is 18.1 Å². The highest BCUT2D eigenvalue weighted by molar-refractivity contribution is 5.97. The van der Waals surface area contributed by atoms with E-state index in [0.717, 1.165) is 0 Å². The number of carbonyl (C=O) groups excluding carboxylic acids is 1. The Hall–Kier alpha value is -1.90. The molecule has 108 valence electrons. The number of benzene rings is 1. The zero-order valence-corrected chi connectivity index (χ0v) is 11.8. The number of ether oxygens (including phenoxy) is 2. The average Bonchev–Trinajstić information content (AvgIpc) is 2.46. The Bertz CT molecular complexity index is 508. The van der Waals surface area contributed by atoms with Crippen LogP contribution in [0.15, 0.2) is 18.2 Å². The minimum atomic E-state index is -0.109. The second-order valence-corrected chi connectivity index (χ2v) is 4.15. The van der Waals surface area contributed by atoms with E-state index in [2.05, 4.69) is 5.92 Å². The average molecular weight is 297 g/mol. The Balaban J connectivity index is 0.00000200. The largest absolute Gasteiger partial charge is 0.480 e. The zero-order chi connectivity index (χ0) is 13.7. The van der Waals surface area contributed by atoms with Crippen molar-refractivity contribution in [1.82, 2.24) is 4.90 Å². The molecule has 20 heavy (non-hydrogen) atoms. The molecule has 0 atom stereocenters. The maximum absolute atomic E-state index is 12.4. The first-order valence-corrected chi connectivity index (χ1v) is 6.05. The Kier molecular flexibility index (Phi) is 6.16. The number of morpholine rings is 1. The molecule has 5 nitrogen and oxygen atoms in total. The third-order valence-corrected chi connectivity index (χ3v) is 2.84. The molecule has 0 aromatic heterocycles. The van der Waals surface area contributed by atoms with E-state index in [1.807, 2.05) is 0 Å². The van der Waals surface area contributed by atoms with Crippen LogP contribution in [0.5, 0.6) is 5.75 Å². The summed E-state index contributed by atoms with van der Waals surface area (Å²) in [6.07, 6.45) is 5.16. The number of nitrogens with zero attached hydrogens (tertiary/aromatic N) is 1. The molecule has 2 N–H and O–H groups in total. The smallest absolute Gasteiger partial charge is 0.257 e. The molecule has 0 unspecified atom stereocenters. The fraction of sp³-hybridized carbons (Fsp3) is 0.357. The number of anilines is 1. The molecule has 1 aliphatic rings. The molecule has 1 aromatic rings. The number of nitrogen functional groups attached to an aromatic ring is 1. The first-order chi connectivity index (χ1) is 9.22. The second-order valence-electron chi connectivity index (χ2n) is 4.15. The van der Waals surface area contributed by atoms with Crippen LogP contribution in [0.4, 0.5) is 5.69 Å². The van der Waals surface area contributed by atoms with E-state index in [1.165, 1.54) is 0 Å². The van der Waals surface area contributed by atoms with E-state index in [-0.39, 0.29) is 24.9 Å². The summed E-state index contributed by atoms with van der Waals surface area (Å²) in [7, 11) is 0. The summed E-state index contributed by atoms with van der Waals surface area (Å²) in [5.74, 6) is 2.73. The van der Waals surface area contributed by atoms with Crippen LogP contribution in [0.1, 0.15) is 10.4 Å². The van der Waals surface area contributed by atoms with Crippen LogP contribution in [0.3, 0.4) is 0 Å². The van der Waals surface area contributed by atoms with E-state index in [4.69, 9.17) is 21.6 Å². The molecule has 1 heterocycles. The number of terminal acetylenes is 1. The summed E-state index contributed by atoms with van der Waals surface area (Å²) in [6.45, 7) is 2.36. The van der Waals surface area contributed by atoms with Crippen LogP contribution in [0.25, 0.3) is 0 Å². The van der Waals surface area contributed by atoms with Crippen LogP contribution >= 0.6 is 12.4 Å². The molecule has 2 rings (SSSR count). The predicted octanol–water partition coefficient (Wildman–Crippen LogP) is 1.18. The van der Waals surface area contributed by atoms with Gasteiger partial charge in [-0.25, -0.2) is 0 Å². The van der Waals surface area contributed by atoms with Gasteiger partial charge in [0, 0.05) is 18.8 Å². The van der Waals surface area contributed by atoms with E-state index >= 15 is 0 Å². The van der Waals surface area contributed by atoms with Gasteiger partial charge in [0.25, 0.3) is 5.91 Å². The van der Waals surface area contributed by atoms with Crippen LogP contribution in [-0.4, -0.2) is 43.7 Å². The van der Waals surface area contributed by atoms with Crippen LogP contribution in [0, 0.1) is 12.3 Å². The lowest BCUT2D eigenvalue weighted by molar-refractivity contribution is 0.0300. The zero-order valence-electron chi connectivity index (χ0n) is 11.0. The van der Waals surface area contributed by atoms with Crippen molar-refractivity contribution in [2.75, 3.05) is 38.6 Å². The number of nitrogens with two attached hydrogens (primary N) is 1. The van der Waals surface area contributed by atoms with Gasteiger partial charge >= 0.3 is 0 Å². The molecule has 0 radical (unpaired) electrons. The molecule has 0 spiro atoms. The normalized spacial score (nSPS) is 14.1. The van der Waals surface area contributed by atoms with Gasteiger partial charge in [0.15, 0.2) is 0 Å². The molecule has 1 fully saturated rings. The number of amides is 1. The monoisotopic (exact) mass is 296 g/mol. The number of hydrogen-bond acceptors (Lipinski definition) is 4. The molecular formula is C14H17ClN2O3. The number of halogens is 1. The van der Waals surface area contributed by atoms with Crippen molar-refractivity contribution >= 4 is 24.0 Å². The Morgan fingerprint density at radius 2 is 2.15 bits per heavy atom. The minimum absolute atomic E-state index is 0. The highest BCUT2D eigenvalue weighted by atomic mass is 35.5. The third-order valence-electron chi connectivity index (χ3n) is 2.84. The SMILES string of the molecule is C#CCOc1ccc(N)cc1C(=O)N1CCOCC1.Cl. The minimum Gasteiger partial charge on any atom is -0.480 e. The summed E-state index contributed by atoms with van der Waals surface area (Å²) in [4.78, 5) is 14.1. The van der Waals surface area contributed by atoms with Crippen molar-refractivity contribution in [1.29, 1.82) is 0 Å². The lowest BCUT2D eigenvalue weighted by atomic mass is 10.1. The molecule has 0 aliphatic carbocycles. The van der Waals surface area contributed by atoms with Gasteiger partial charge in [0.2, 0.25) is 0 Å². The predicted molar refractivity (Wildman–Crippen MR) is 79.2 cm³/mol. The number of carbonyl (C=O) groups is 1. The van der Waals surface area contributed by atoms with E-state index in [1.54, 1.807) is 23.1 Å². The van der Waals surface area contributed by atoms with Crippen molar-refractivity contribution in [2.45, 2.75) is 0 Å². The van der Waals surface area contributed by atoms with Crippen molar-refractivity contribution in [3.05, 3.63) is 23.8 Å². The molecule has 1 saturated heterocycles. The van der Waals surface area contributed by atoms with Crippen LogP contribution in [-0.2, 0) is 4.74 Å². The maximum atomic E-state index is 12.4. The summed E-state index contributed by atoms with van der Waals surface area (Å²) >= 11 is 0. The van der Waals surface area contributed by atoms with Gasteiger partial charge in [-0.2, -0.15) is 0 Å². The number of hydrogen-bond donors (Lipinski definition) is 1. The highest BCUT2D eigenvalue weighted by Crippen LogP contribution is 2.23. The van der Waals surface area contributed by atoms with Gasteiger partial charge in [-0.1, -0.05) is 5.92 Å². The van der Waals surface area contributed by atoms with Crippen LogP contribution < -0.4 is 10.5 Å². The van der Waals surface area contributed by atoms with Gasteiger partial charge in [0.1, 0.15) is 12.4 Å². The molecule has 1 amide bonds. The quantitative estimate of drug-likeness (QED) is 0.672. The molecular weight excluding hydrogens is 280 g/mol. The fourth-order valence-electron chi connectivity index (χ4n) is 1.90. The van der Waals surface area contributed by atoms with Gasteiger partial charge in [-0.15, -0.1) is 18.8 Å². The third kappa shape index (κ3) is 3.80. The van der Waals surface area contributed by atoms with Crippen LogP contribution in [0.2, 0.25) is 0 Å². The molecule has 0 saturated carbocycles. The van der Waals surface area contributed by atoms with E-state index in [0.29, 0.717) is 43.3 Å². The summed E-state index contributed by atoms with van der Waals surface area (Å²) in [6, 6.07) is 4.96. The van der Waals surface area contributed by atoms with Crippen molar-refractivity contribution in [2.24, 2.45) is 0 Å². The van der Waals surface area contributed by atoms with Gasteiger partial charge in [-0.05, 0) is 18.2 Å². The van der Waals surface area contributed by atoms with Gasteiger partial charge < -0.3 is 20.1 Å². The Morgan fingerprint density at radius 3 is 2.80 bits per heavy atom. The first-order valence-electron chi connectivity index (χ1n) is 6.05. The Morgan fingerprint density at radius 1 is 1.45 bits per heavy atom. The number of rotatable bonds is 3. The molecule has 1 aromatic carbocycles. The second kappa shape index (κ2) is 7.63. The fourth-order valence-corrected chi connectivity index (χ4v) is 1.90. The van der Waals surface area contributed by atoms with Gasteiger partial charge in [-0.3, -0.25) is 4.79 Å². The summed E-state index contributed by atoms with van der Waals surface area (Å²) in [5.41, 5.74) is 6.69. The topological polar surface area (TPSA) is 64.8 Å². The standard InChI is InChI=1S/C14H16N2O3.ClH/c1-2-7-19-13-4-3-11(15)10-12(13)14(17)16-5-8-18-9-6-16;/h1,3-4,10H,5-9,15H2;1H. The molecule has 0 bridgehead atoms. The lowest BCUT2D eigenvalue weighted by Gasteiger charge is -2.27. The lowest BCUT2D eigenvalue weighted by Crippen LogP contribution is -2.40. The van der Waals surface area contributed by atoms with E-state index in [9.17, 15) is 4.79 Å². The van der Waals surface area contributed by atoms with E-state index < -0.39 is 0 Å². The highest BCUT2D eigenvalue weighted by Gasteiger charge is 2.21. The molecule has 6 heteroatoms. The summed E-state index contributed by atoms with van der Waals surface area (Å²) in [5, 5.41) is 0.